The predicted octanol–water partition coefficient (Wildman–Crippen LogP) is 2.64. The maximum absolute atomic E-state index is 5.09. The Morgan fingerprint density at radius 2 is 0.733 bits per heavy atom. The quantitative estimate of drug-likeness (QED) is 0.299. The number of pyridine rings is 1. The molecule has 0 N–H and O–H groups in total. The number of hydrogen-bond acceptors (Lipinski definition) is 3. The van der Waals surface area contributed by atoms with Crippen LogP contribution in [0.2, 0.25) is 0 Å². The standard InChI is InChI=1S/C38H53N3.3ClH.V/c1-22(2)29-16-33(24(5)6)37(34(17-29)25(7)8)39-20-31-14-28(13)15-32(41-31)21-40-38-35(26(9)10)18-30(23(3)4)19-36(38)27(11)12;;;;/h14-27H,1-13H3;3*1H;/p-3. The number of aryl methyl sites for hydroxylation is 1. The Labute approximate surface area is 305 Å². The number of nitrogens with zero attached hydrogens (tertiary/aromatic N) is 3. The predicted molar refractivity (Wildman–Crippen MR) is 181 cm³/mol. The fraction of sp³-hybridized carbons (Fsp3) is 0.500. The van der Waals surface area contributed by atoms with E-state index >= 15 is 0 Å². The molecule has 0 bridgehead atoms. The average Bonchev–Trinajstić information content (AvgIpc) is 2.88. The SMILES string of the molecule is Cc1cc(C=Nc2c(C(C)C)cc(C(C)C)cc2C(C)C)nc(C=Nc2c(C(C)C)cc(C(C)C)cc2C(C)C)c1.[Cl-].[Cl-].[Cl-].[V]. The van der Waals surface area contributed by atoms with Crippen LogP contribution in [0.5, 0.6) is 0 Å². The molecule has 0 saturated heterocycles. The van der Waals surface area contributed by atoms with Crippen molar-refractivity contribution < 1.29 is 55.8 Å². The molecule has 45 heavy (non-hydrogen) atoms. The van der Waals surface area contributed by atoms with Crippen LogP contribution in [0.1, 0.15) is 169 Å². The van der Waals surface area contributed by atoms with Crippen LogP contribution in [0.3, 0.4) is 0 Å². The van der Waals surface area contributed by atoms with E-state index < -0.39 is 0 Å². The van der Waals surface area contributed by atoms with Gasteiger partial charge in [-0.1, -0.05) is 107 Å². The molecule has 2 aromatic carbocycles. The molecule has 1 heterocycles. The van der Waals surface area contributed by atoms with Gasteiger partial charge in [0.15, 0.2) is 0 Å². The molecule has 0 aliphatic heterocycles. The minimum atomic E-state index is 0. The first-order valence-electron chi connectivity index (χ1n) is 15.6. The minimum Gasteiger partial charge on any atom is -1.00 e. The average molecular weight is 709 g/mol. The van der Waals surface area contributed by atoms with Crippen LogP contribution in [-0.2, 0) is 18.6 Å². The summed E-state index contributed by atoms with van der Waals surface area (Å²) >= 11 is 0. The van der Waals surface area contributed by atoms with E-state index in [1.165, 1.54) is 33.4 Å². The van der Waals surface area contributed by atoms with Crippen LogP contribution in [0.15, 0.2) is 46.4 Å². The van der Waals surface area contributed by atoms with Gasteiger partial charge >= 0.3 is 0 Å². The molecule has 7 heteroatoms. The first kappa shape index (κ1) is 45.5. The number of halogens is 3. The van der Waals surface area contributed by atoms with E-state index in [2.05, 4.69) is 126 Å². The Balaban J connectivity index is 0. The molecule has 3 nitrogen and oxygen atoms in total. The van der Waals surface area contributed by atoms with Gasteiger partial charge in [-0.3, -0.25) is 9.98 Å². The molecule has 0 aliphatic rings. The van der Waals surface area contributed by atoms with Crippen LogP contribution >= 0.6 is 0 Å². The normalized spacial score (nSPS) is 11.5. The first-order valence-corrected chi connectivity index (χ1v) is 15.6. The van der Waals surface area contributed by atoms with E-state index in [0.717, 1.165) is 28.3 Å². The summed E-state index contributed by atoms with van der Waals surface area (Å²) in [4.78, 5) is 15.1. The van der Waals surface area contributed by atoms with Crippen LogP contribution in [0.4, 0.5) is 11.4 Å². The third-order valence-electron chi connectivity index (χ3n) is 7.86. The van der Waals surface area contributed by atoms with Crippen LogP contribution in [0.25, 0.3) is 0 Å². The zero-order valence-electron chi connectivity index (χ0n) is 29.5. The Kier molecular flexibility index (Phi) is 20.1. The van der Waals surface area contributed by atoms with Crippen LogP contribution < -0.4 is 37.2 Å². The molecule has 0 unspecified atom stereocenters. The Morgan fingerprint density at radius 3 is 0.956 bits per heavy atom. The molecule has 0 saturated carbocycles. The molecule has 1 aromatic heterocycles. The van der Waals surface area contributed by atoms with Gasteiger partial charge in [0.05, 0.1) is 35.2 Å². The van der Waals surface area contributed by atoms with Crippen LogP contribution in [0, 0.1) is 6.92 Å². The number of hydrogen-bond donors (Lipinski definition) is 0. The van der Waals surface area contributed by atoms with Crippen molar-refractivity contribution in [3.8, 4) is 0 Å². The second-order valence-electron chi connectivity index (χ2n) is 13.5. The summed E-state index contributed by atoms with van der Waals surface area (Å²) in [7, 11) is 0. The van der Waals surface area contributed by atoms with Gasteiger partial charge < -0.3 is 37.2 Å². The van der Waals surface area contributed by atoms with Crippen LogP contribution in [-0.4, -0.2) is 17.4 Å². The van der Waals surface area contributed by atoms with Crippen molar-refractivity contribution in [1.82, 2.24) is 4.98 Å². The van der Waals surface area contributed by atoms with Crippen molar-refractivity contribution in [2.24, 2.45) is 9.98 Å². The maximum atomic E-state index is 5.09. The molecule has 0 amide bonds. The number of rotatable bonds is 10. The summed E-state index contributed by atoms with van der Waals surface area (Å²) in [6.07, 6.45) is 3.87. The topological polar surface area (TPSA) is 37.6 Å². The van der Waals surface area contributed by atoms with E-state index in [1.807, 2.05) is 12.4 Å². The first-order chi connectivity index (χ1) is 19.2. The van der Waals surface area contributed by atoms with Gasteiger partial charge in [0, 0.05) is 18.6 Å². The minimum absolute atomic E-state index is 0. The van der Waals surface area contributed by atoms with Gasteiger partial charge in [0.25, 0.3) is 0 Å². The summed E-state index contributed by atoms with van der Waals surface area (Å²) in [5.74, 6) is 2.52. The van der Waals surface area contributed by atoms with E-state index in [9.17, 15) is 0 Å². The summed E-state index contributed by atoms with van der Waals surface area (Å²) in [6, 6.07) is 13.6. The summed E-state index contributed by atoms with van der Waals surface area (Å²) in [5, 5.41) is 0. The fourth-order valence-corrected chi connectivity index (χ4v) is 5.25. The molecule has 3 aromatic rings. The van der Waals surface area contributed by atoms with Crippen molar-refractivity contribution in [3.05, 3.63) is 86.7 Å². The zero-order chi connectivity index (χ0) is 30.6. The van der Waals surface area contributed by atoms with Gasteiger partial charge in [0.1, 0.15) is 0 Å². The Bertz CT molecular complexity index is 1260. The maximum Gasteiger partial charge on any atom is 0.0823 e. The molecule has 3 rings (SSSR count). The molecule has 1 radical (unpaired) electrons. The smallest absolute Gasteiger partial charge is 0.0823 e. The van der Waals surface area contributed by atoms with E-state index in [0.29, 0.717) is 35.5 Å². The fourth-order valence-electron chi connectivity index (χ4n) is 5.25. The van der Waals surface area contributed by atoms with Gasteiger partial charge in [0.2, 0.25) is 0 Å². The van der Waals surface area contributed by atoms with Gasteiger partial charge in [-0.15, -0.1) is 0 Å². The van der Waals surface area contributed by atoms with Gasteiger partial charge in [-0.2, -0.15) is 0 Å². The van der Waals surface area contributed by atoms with Gasteiger partial charge in [-0.05, 0) is 93.5 Å². The second-order valence-corrected chi connectivity index (χ2v) is 13.5. The molecule has 0 fully saturated rings. The summed E-state index contributed by atoms with van der Waals surface area (Å²) < 4.78 is 0. The molecule has 0 aliphatic carbocycles. The Morgan fingerprint density at radius 1 is 0.467 bits per heavy atom. The third kappa shape index (κ3) is 11.8. The molecule has 0 spiro atoms. The monoisotopic (exact) mass is 707 g/mol. The van der Waals surface area contributed by atoms with Crippen molar-refractivity contribution in [2.45, 2.75) is 126 Å². The summed E-state index contributed by atoms with van der Waals surface area (Å²) in [6.45, 7) is 29.2. The third-order valence-corrected chi connectivity index (χ3v) is 7.86. The number of benzene rings is 2. The van der Waals surface area contributed by atoms with Crippen molar-refractivity contribution in [1.29, 1.82) is 0 Å². The molecular formula is C38H53Cl3N3V-3. The van der Waals surface area contributed by atoms with Crippen molar-refractivity contribution in [3.63, 3.8) is 0 Å². The molecule has 0 atom stereocenters. The molecular weight excluding hydrogens is 656 g/mol. The molecule has 249 valence electrons. The van der Waals surface area contributed by atoms with Crippen molar-refractivity contribution >= 4 is 23.8 Å². The van der Waals surface area contributed by atoms with E-state index in [-0.39, 0.29) is 55.8 Å². The van der Waals surface area contributed by atoms with E-state index in [1.54, 1.807) is 0 Å². The second kappa shape index (κ2) is 19.9. The number of aromatic nitrogens is 1. The Hall–Kier alpha value is -1.62. The largest absolute Gasteiger partial charge is 1.00 e. The summed E-state index contributed by atoms with van der Waals surface area (Å²) in [5.41, 5.74) is 13.0. The van der Waals surface area contributed by atoms with Crippen molar-refractivity contribution in [2.75, 3.05) is 0 Å². The van der Waals surface area contributed by atoms with Gasteiger partial charge in [-0.25, -0.2) is 4.98 Å². The van der Waals surface area contributed by atoms with E-state index in [4.69, 9.17) is 15.0 Å². The zero-order valence-corrected chi connectivity index (χ0v) is 33.2. The number of aliphatic imine (C=N–C) groups is 2.